The number of nitrogens with zero attached hydrogens (tertiary/aromatic N) is 1. The van der Waals surface area contributed by atoms with Gasteiger partial charge in [-0.3, -0.25) is 4.79 Å². The lowest BCUT2D eigenvalue weighted by Gasteiger charge is -2.16. The summed E-state index contributed by atoms with van der Waals surface area (Å²) in [7, 11) is 1.41. The molecule has 0 aromatic heterocycles. The lowest BCUT2D eigenvalue weighted by Crippen LogP contribution is -2.26. The Morgan fingerprint density at radius 3 is 2.72 bits per heavy atom. The van der Waals surface area contributed by atoms with E-state index >= 15 is 0 Å². The maximum Gasteiger partial charge on any atom is 0.240 e. The van der Waals surface area contributed by atoms with E-state index in [0.29, 0.717) is 24.1 Å². The summed E-state index contributed by atoms with van der Waals surface area (Å²) in [6, 6.07) is 1.51. The third-order valence-electron chi connectivity index (χ3n) is 2.57. The summed E-state index contributed by atoms with van der Waals surface area (Å²) in [5.74, 6) is -0.114. The lowest BCUT2D eigenvalue weighted by atomic mass is 10.0. The van der Waals surface area contributed by atoms with Crippen LogP contribution in [0.25, 0.3) is 0 Å². The maximum atomic E-state index is 11.0. The van der Waals surface area contributed by atoms with Gasteiger partial charge in [-0.15, -0.1) is 0 Å². The van der Waals surface area contributed by atoms with Crippen molar-refractivity contribution >= 4 is 34.8 Å². The summed E-state index contributed by atoms with van der Waals surface area (Å²) < 4.78 is 4.98. The molecule has 7 heteroatoms. The molecular weight excluding hydrogens is 279 g/mol. The average Bonchev–Trinajstić information content (AvgIpc) is 2.36. The van der Waals surface area contributed by atoms with E-state index < -0.39 is 0 Å². The Morgan fingerprint density at radius 2 is 2.17 bits per heavy atom. The molecule has 0 atom stereocenters. The van der Waals surface area contributed by atoms with Gasteiger partial charge in [0.2, 0.25) is 5.91 Å². The van der Waals surface area contributed by atoms with Crippen LogP contribution in [0.2, 0.25) is 10.0 Å². The molecule has 0 radical (unpaired) electrons. The van der Waals surface area contributed by atoms with E-state index in [9.17, 15) is 9.90 Å². The molecule has 1 aromatic rings. The number of phenols is 1. The Hall–Kier alpha value is -1.46. The first kappa shape index (κ1) is 13.0. The zero-order valence-electron chi connectivity index (χ0n) is 9.46. The summed E-state index contributed by atoms with van der Waals surface area (Å²) in [5, 5.41) is 14.2. The molecule has 0 fully saturated rings. The summed E-state index contributed by atoms with van der Waals surface area (Å²) in [5.41, 5.74) is 3.27. The number of nitrogens with one attached hydrogen (secondary N) is 1. The van der Waals surface area contributed by atoms with Crippen molar-refractivity contribution in [1.82, 2.24) is 5.43 Å². The fourth-order valence-electron chi connectivity index (χ4n) is 1.67. The van der Waals surface area contributed by atoms with E-state index in [-0.39, 0.29) is 27.5 Å². The number of benzene rings is 1. The zero-order chi connectivity index (χ0) is 13.3. The fourth-order valence-corrected chi connectivity index (χ4v) is 2.28. The van der Waals surface area contributed by atoms with Crippen LogP contribution in [-0.4, -0.2) is 23.8 Å². The monoisotopic (exact) mass is 288 g/mol. The van der Waals surface area contributed by atoms with Gasteiger partial charge in [0.25, 0.3) is 0 Å². The van der Waals surface area contributed by atoms with Gasteiger partial charge in [0.05, 0.1) is 17.8 Å². The second kappa shape index (κ2) is 5.04. The van der Waals surface area contributed by atoms with Gasteiger partial charge in [-0.25, -0.2) is 5.43 Å². The van der Waals surface area contributed by atoms with Crippen molar-refractivity contribution in [2.75, 3.05) is 7.11 Å². The Morgan fingerprint density at radius 1 is 1.44 bits per heavy atom. The predicted octanol–water partition coefficient (Wildman–Crippen LogP) is 2.32. The molecule has 0 unspecified atom stereocenters. The maximum absolute atomic E-state index is 11.0. The van der Waals surface area contributed by atoms with Crippen LogP contribution in [0.1, 0.15) is 18.4 Å². The number of amides is 1. The smallest absolute Gasteiger partial charge is 0.240 e. The highest BCUT2D eigenvalue weighted by molar-refractivity contribution is 6.39. The molecule has 1 heterocycles. The van der Waals surface area contributed by atoms with Crippen molar-refractivity contribution < 1.29 is 14.6 Å². The summed E-state index contributed by atoms with van der Waals surface area (Å²) in [6.07, 6.45) is 0.720. The number of carbonyl (C=O) groups excluding carboxylic acids is 1. The van der Waals surface area contributed by atoms with Crippen molar-refractivity contribution in [3.63, 3.8) is 0 Å². The van der Waals surface area contributed by atoms with Gasteiger partial charge in [-0.2, -0.15) is 5.10 Å². The number of phenolic OH excluding ortho intramolecular Hbond substituents is 1. The van der Waals surface area contributed by atoms with Gasteiger partial charge >= 0.3 is 0 Å². The van der Waals surface area contributed by atoms with Crippen LogP contribution in [0.3, 0.4) is 0 Å². The Bertz CT molecular complexity index is 544. The molecule has 0 saturated heterocycles. The number of aromatic hydroxyl groups is 1. The van der Waals surface area contributed by atoms with Gasteiger partial charge in [-0.05, 0) is 6.07 Å². The van der Waals surface area contributed by atoms with Gasteiger partial charge in [0, 0.05) is 18.4 Å². The lowest BCUT2D eigenvalue weighted by molar-refractivity contribution is -0.121. The number of rotatable bonds is 2. The molecular formula is C11H10Cl2N2O3. The Kier molecular flexibility index (Phi) is 3.63. The highest BCUT2D eigenvalue weighted by Crippen LogP contribution is 2.42. The summed E-state index contributed by atoms with van der Waals surface area (Å²) >= 11 is 11.9. The average molecular weight is 289 g/mol. The quantitative estimate of drug-likeness (QED) is 0.877. The van der Waals surface area contributed by atoms with Crippen molar-refractivity contribution in [1.29, 1.82) is 0 Å². The van der Waals surface area contributed by atoms with E-state index in [1.54, 1.807) is 0 Å². The van der Waals surface area contributed by atoms with Gasteiger partial charge < -0.3 is 9.84 Å². The number of halogens is 2. The number of ether oxygens (including phenoxy) is 1. The molecule has 2 N–H and O–H groups in total. The highest BCUT2D eigenvalue weighted by Gasteiger charge is 2.21. The molecule has 5 nitrogen and oxygen atoms in total. The number of carbonyl (C=O) groups is 1. The molecule has 1 aliphatic rings. The van der Waals surface area contributed by atoms with Crippen LogP contribution in [0.5, 0.6) is 11.5 Å². The molecule has 18 heavy (non-hydrogen) atoms. The second-order valence-corrected chi connectivity index (χ2v) is 4.48. The first-order chi connectivity index (χ1) is 8.54. The number of hydrogen-bond acceptors (Lipinski definition) is 4. The number of hydrazone groups is 1. The second-order valence-electron chi connectivity index (χ2n) is 3.70. The van der Waals surface area contributed by atoms with Crippen LogP contribution in [0.15, 0.2) is 11.2 Å². The molecule has 0 saturated carbocycles. The molecule has 0 bridgehead atoms. The normalized spacial score (nSPS) is 15.1. The van der Waals surface area contributed by atoms with Crippen LogP contribution in [0.4, 0.5) is 0 Å². The molecule has 1 aliphatic heterocycles. The van der Waals surface area contributed by atoms with Gasteiger partial charge in [0.1, 0.15) is 10.8 Å². The number of methoxy groups -OCH3 is 1. The van der Waals surface area contributed by atoms with E-state index in [2.05, 4.69) is 10.5 Å². The summed E-state index contributed by atoms with van der Waals surface area (Å²) in [4.78, 5) is 11.0. The standard InChI is InChI=1S/C11H10Cl2N2O3/c1-18-11-6(12)4-5(10(17)9(11)13)7-2-3-8(16)15-14-7/h4,17H,2-3H2,1H3,(H,15,16). The van der Waals surface area contributed by atoms with Crippen molar-refractivity contribution in [3.8, 4) is 11.5 Å². The SMILES string of the molecule is COc1c(Cl)cc(C2=NNC(=O)CC2)c(O)c1Cl. The van der Waals surface area contributed by atoms with Crippen LogP contribution in [-0.2, 0) is 4.79 Å². The van der Waals surface area contributed by atoms with E-state index in [1.807, 2.05) is 0 Å². The van der Waals surface area contributed by atoms with Gasteiger partial charge in [0.15, 0.2) is 5.75 Å². The van der Waals surface area contributed by atoms with E-state index in [0.717, 1.165) is 0 Å². The van der Waals surface area contributed by atoms with Gasteiger partial charge in [-0.1, -0.05) is 23.2 Å². The minimum Gasteiger partial charge on any atom is -0.506 e. The van der Waals surface area contributed by atoms with Crippen LogP contribution in [0, 0.1) is 0 Å². The summed E-state index contributed by atoms with van der Waals surface area (Å²) in [6.45, 7) is 0. The Balaban J connectivity index is 2.50. The van der Waals surface area contributed by atoms with Crippen LogP contribution >= 0.6 is 23.2 Å². The first-order valence-corrected chi connectivity index (χ1v) is 5.91. The zero-order valence-corrected chi connectivity index (χ0v) is 11.0. The van der Waals surface area contributed by atoms with Crippen molar-refractivity contribution in [3.05, 3.63) is 21.7 Å². The van der Waals surface area contributed by atoms with E-state index in [1.165, 1.54) is 13.2 Å². The minimum absolute atomic E-state index is 0.0274. The first-order valence-electron chi connectivity index (χ1n) is 5.15. The minimum atomic E-state index is -0.163. The molecule has 96 valence electrons. The predicted molar refractivity (Wildman–Crippen MR) is 68.6 cm³/mol. The molecule has 0 spiro atoms. The third kappa shape index (κ3) is 2.23. The molecule has 1 aromatic carbocycles. The van der Waals surface area contributed by atoms with Crippen molar-refractivity contribution in [2.45, 2.75) is 12.8 Å². The number of hydrogen-bond donors (Lipinski definition) is 2. The third-order valence-corrected chi connectivity index (χ3v) is 3.20. The van der Waals surface area contributed by atoms with Crippen LogP contribution < -0.4 is 10.2 Å². The fraction of sp³-hybridized carbons (Fsp3) is 0.273. The van der Waals surface area contributed by atoms with Crippen molar-refractivity contribution in [2.24, 2.45) is 5.10 Å². The van der Waals surface area contributed by atoms with E-state index in [4.69, 9.17) is 27.9 Å². The molecule has 0 aliphatic carbocycles. The largest absolute Gasteiger partial charge is 0.506 e. The Labute approximate surface area is 113 Å². The molecule has 2 rings (SSSR count). The highest BCUT2D eigenvalue weighted by atomic mass is 35.5. The molecule has 1 amide bonds. The topological polar surface area (TPSA) is 70.9 Å².